The van der Waals surface area contributed by atoms with Gasteiger partial charge in [0, 0.05) is 28.8 Å². The van der Waals surface area contributed by atoms with Crippen LogP contribution in [-0.4, -0.2) is 10.6 Å². The minimum absolute atomic E-state index is 0.201. The van der Waals surface area contributed by atoms with E-state index in [4.69, 9.17) is 5.73 Å². The second-order valence-electron chi connectivity index (χ2n) is 5.64. The number of hydrogen-bond donors (Lipinski definition) is 1. The van der Waals surface area contributed by atoms with Crippen LogP contribution in [0.4, 0.5) is 0 Å². The van der Waals surface area contributed by atoms with Gasteiger partial charge in [0.15, 0.2) is 0 Å². The van der Waals surface area contributed by atoms with E-state index in [0.717, 1.165) is 17.4 Å². The molecule has 1 unspecified atom stereocenters. The van der Waals surface area contributed by atoms with Gasteiger partial charge in [-0.3, -0.25) is 0 Å². The van der Waals surface area contributed by atoms with Gasteiger partial charge in [0.1, 0.15) is 0 Å². The summed E-state index contributed by atoms with van der Waals surface area (Å²) >= 11 is 3.47. The van der Waals surface area contributed by atoms with Gasteiger partial charge in [0.25, 0.3) is 0 Å². The molecule has 108 valence electrons. The first kappa shape index (κ1) is 14.4. The molecule has 21 heavy (non-hydrogen) atoms. The molecule has 0 spiro atoms. The third-order valence-corrected chi connectivity index (χ3v) is 4.19. The van der Waals surface area contributed by atoms with Crippen LogP contribution in [-0.2, 0) is 13.0 Å². The molecule has 2 N–H and O–H groups in total. The largest absolute Gasteiger partial charge is 0.343 e. The molecule has 0 amide bonds. The fourth-order valence-corrected chi connectivity index (χ4v) is 2.94. The van der Waals surface area contributed by atoms with Crippen LogP contribution in [0, 0.1) is 0 Å². The van der Waals surface area contributed by atoms with Crippen LogP contribution in [0.2, 0.25) is 0 Å². The fraction of sp³-hybridized carbons (Fsp3) is 0.222. The van der Waals surface area contributed by atoms with Gasteiger partial charge in [-0.2, -0.15) is 0 Å². The van der Waals surface area contributed by atoms with Crippen molar-refractivity contribution in [3.63, 3.8) is 0 Å². The van der Waals surface area contributed by atoms with E-state index in [1.54, 1.807) is 0 Å². The van der Waals surface area contributed by atoms with Crippen molar-refractivity contribution in [2.45, 2.75) is 25.9 Å². The number of aromatic nitrogens is 1. The predicted molar refractivity (Wildman–Crippen MR) is 92.5 cm³/mol. The molecule has 0 saturated heterocycles. The number of hydrogen-bond acceptors (Lipinski definition) is 1. The molecule has 3 rings (SSSR count). The lowest BCUT2D eigenvalue weighted by molar-refractivity contribution is 0.738. The van der Waals surface area contributed by atoms with E-state index in [0.29, 0.717) is 0 Å². The Morgan fingerprint density at radius 2 is 1.76 bits per heavy atom. The van der Waals surface area contributed by atoms with Gasteiger partial charge in [0.05, 0.1) is 0 Å². The summed E-state index contributed by atoms with van der Waals surface area (Å²) in [7, 11) is 0. The van der Waals surface area contributed by atoms with Crippen molar-refractivity contribution in [3.05, 3.63) is 70.3 Å². The summed E-state index contributed by atoms with van der Waals surface area (Å²) in [5.41, 5.74) is 9.75. The molecular formula is C18H19BrN2. The first-order valence-corrected chi connectivity index (χ1v) is 7.99. The summed E-state index contributed by atoms with van der Waals surface area (Å²) in [6, 6.07) is 17.5. The Morgan fingerprint density at radius 1 is 1.05 bits per heavy atom. The zero-order valence-corrected chi connectivity index (χ0v) is 13.7. The van der Waals surface area contributed by atoms with Crippen molar-refractivity contribution in [2.75, 3.05) is 0 Å². The predicted octanol–water partition coefficient (Wildman–Crippen LogP) is 4.34. The fourth-order valence-electron chi connectivity index (χ4n) is 2.67. The Kier molecular flexibility index (Phi) is 4.13. The number of halogens is 1. The molecule has 1 heterocycles. The summed E-state index contributed by atoms with van der Waals surface area (Å²) < 4.78 is 3.40. The highest BCUT2D eigenvalue weighted by Gasteiger charge is 2.04. The third kappa shape index (κ3) is 3.36. The van der Waals surface area contributed by atoms with Crippen molar-refractivity contribution in [1.29, 1.82) is 0 Å². The van der Waals surface area contributed by atoms with Crippen molar-refractivity contribution in [2.24, 2.45) is 5.73 Å². The Balaban J connectivity index is 1.88. The lowest BCUT2D eigenvalue weighted by Gasteiger charge is -2.08. The second-order valence-corrected chi connectivity index (χ2v) is 6.56. The number of nitrogens with two attached hydrogens (primary N) is 1. The number of benzene rings is 2. The maximum Gasteiger partial charge on any atom is 0.0483 e. The molecule has 0 aliphatic heterocycles. The molecule has 1 atom stereocenters. The zero-order valence-electron chi connectivity index (χ0n) is 12.1. The first-order chi connectivity index (χ1) is 10.1. The van der Waals surface area contributed by atoms with E-state index in [1.807, 2.05) is 6.92 Å². The summed E-state index contributed by atoms with van der Waals surface area (Å²) in [6.07, 6.45) is 3.08. The molecule has 1 aromatic heterocycles. The maximum atomic E-state index is 5.88. The minimum Gasteiger partial charge on any atom is -0.343 e. The smallest absolute Gasteiger partial charge is 0.0483 e. The Morgan fingerprint density at radius 3 is 2.48 bits per heavy atom. The van der Waals surface area contributed by atoms with Crippen molar-refractivity contribution >= 4 is 26.8 Å². The SMILES string of the molecule is CC(N)Cc1ccc2c(ccn2Cc2ccc(Br)cc2)c1. The van der Waals surface area contributed by atoms with Crippen LogP contribution >= 0.6 is 15.9 Å². The van der Waals surface area contributed by atoms with Crippen LogP contribution in [0.1, 0.15) is 18.1 Å². The molecule has 2 aromatic carbocycles. The summed E-state index contributed by atoms with van der Waals surface area (Å²) in [4.78, 5) is 0. The van der Waals surface area contributed by atoms with Crippen LogP contribution in [0.25, 0.3) is 10.9 Å². The standard InChI is InChI=1S/C18H19BrN2/c1-13(20)10-15-4-7-18-16(11-15)8-9-21(18)12-14-2-5-17(19)6-3-14/h2-9,11,13H,10,12,20H2,1H3. The second kappa shape index (κ2) is 6.04. The van der Waals surface area contributed by atoms with Gasteiger partial charge in [-0.1, -0.05) is 34.1 Å². The van der Waals surface area contributed by atoms with Crippen molar-refractivity contribution in [1.82, 2.24) is 4.57 Å². The Hall–Kier alpha value is -1.58. The number of nitrogens with zero attached hydrogens (tertiary/aromatic N) is 1. The van der Waals surface area contributed by atoms with Crippen molar-refractivity contribution in [3.8, 4) is 0 Å². The highest BCUT2D eigenvalue weighted by Crippen LogP contribution is 2.20. The summed E-state index contributed by atoms with van der Waals surface area (Å²) in [5, 5.41) is 1.28. The normalized spacial score (nSPS) is 12.7. The van der Waals surface area contributed by atoms with Crippen molar-refractivity contribution < 1.29 is 0 Å². The van der Waals surface area contributed by atoms with E-state index in [-0.39, 0.29) is 6.04 Å². The Labute approximate surface area is 133 Å². The highest BCUT2D eigenvalue weighted by molar-refractivity contribution is 9.10. The lowest BCUT2D eigenvalue weighted by atomic mass is 10.1. The Bertz CT molecular complexity index is 742. The van der Waals surface area contributed by atoms with Crippen LogP contribution in [0.3, 0.4) is 0 Å². The van der Waals surface area contributed by atoms with Gasteiger partial charge >= 0.3 is 0 Å². The van der Waals surface area contributed by atoms with Crippen LogP contribution in [0.15, 0.2) is 59.2 Å². The molecule has 3 heteroatoms. The molecule has 0 bridgehead atoms. The molecule has 2 nitrogen and oxygen atoms in total. The van der Waals surface area contributed by atoms with Crippen LogP contribution in [0.5, 0.6) is 0 Å². The molecule has 3 aromatic rings. The molecular weight excluding hydrogens is 324 g/mol. The lowest BCUT2D eigenvalue weighted by Crippen LogP contribution is -2.17. The highest BCUT2D eigenvalue weighted by atomic mass is 79.9. The molecule has 0 aliphatic carbocycles. The van der Waals surface area contributed by atoms with E-state index in [9.17, 15) is 0 Å². The van der Waals surface area contributed by atoms with Crippen LogP contribution < -0.4 is 5.73 Å². The maximum absolute atomic E-state index is 5.88. The van der Waals surface area contributed by atoms with E-state index >= 15 is 0 Å². The van der Waals surface area contributed by atoms with E-state index < -0.39 is 0 Å². The van der Waals surface area contributed by atoms with Gasteiger partial charge in [-0.05, 0) is 60.2 Å². The number of fused-ring (bicyclic) bond motifs is 1. The van der Waals surface area contributed by atoms with E-state index in [2.05, 4.69) is 75.2 Å². The average Bonchev–Trinajstić information content (AvgIpc) is 2.83. The molecule has 0 aliphatic rings. The summed E-state index contributed by atoms with van der Waals surface area (Å²) in [5.74, 6) is 0. The molecule has 0 fully saturated rings. The zero-order chi connectivity index (χ0) is 14.8. The minimum atomic E-state index is 0.201. The van der Waals surface area contributed by atoms with Gasteiger partial charge in [0.2, 0.25) is 0 Å². The topological polar surface area (TPSA) is 30.9 Å². The summed E-state index contributed by atoms with van der Waals surface area (Å²) in [6.45, 7) is 2.94. The monoisotopic (exact) mass is 342 g/mol. The molecule has 0 radical (unpaired) electrons. The molecule has 0 saturated carbocycles. The van der Waals surface area contributed by atoms with Gasteiger partial charge < -0.3 is 10.3 Å². The number of rotatable bonds is 4. The first-order valence-electron chi connectivity index (χ1n) is 7.19. The third-order valence-electron chi connectivity index (χ3n) is 3.66. The van der Waals surface area contributed by atoms with Gasteiger partial charge in [-0.25, -0.2) is 0 Å². The van der Waals surface area contributed by atoms with E-state index in [1.165, 1.54) is 22.0 Å². The van der Waals surface area contributed by atoms with Gasteiger partial charge in [-0.15, -0.1) is 0 Å². The quantitative estimate of drug-likeness (QED) is 0.751. The average molecular weight is 343 g/mol.